The van der Waals surface area contributed by atoms with Gasteiger partial charge in [0.25, 0.3) is 11.8 Å². The van der Waals surface area contributed by atoms with Crippen LogP contribution in [0.2, 0.25) is 0 Å². The molecule has 0 bridgehead atoms. The second kappa shape index (κ2) is 18.6. The zero-order chi connectivity index (χ0) is 39.4. The van der Waals surface area contributed by atoms with Crippen molar-refractivity contribution in [2.24, 2.45) is 17.2 Å². The quantitative estimate of drug-likeness (QED) is 0.109. The van der Waals surface area contributed by atoms with Crippen molar-refractivity contribution < 1.29 is 19.1 Å². The van der Waals surface area contributed by atoms with Gasteiger partial charge in [0.15, 0.2) is 23.0 Å². The topological polar surface area (TPSA) is 302 Å². The van der Waals surface area contributed by atoms with E-state index in [1.54, 1.807) is 49.1 Å². The first kappa shape index (κ1) is 39.9. The summed E-state index contributed by atoms with van der Waals surface area (Å²) in [4.78, 5) is 52.3. The van der Waals surface area contributed by atoms with Crippen LogP contribution in [0.5, 0.6) is 0 Å². The Morgan fingerprint density at radius 1 is 0.691 bits per heavy atom. The summed E-state index contributed by atoms with van der Waals surface area (Å²) in [5.41, 5.74) is 17.5. The Balaban J connectivity index is 0.000000218. The lowest BCUT2D eigenvalue weighted by Gasteiger charge is -2.33. The Labute approximate surface area is 318 Å². The molecule has 2 aliphatic rings. The normalized spacial score (nSPS) is 19.4. The number of nitrogens with one attached hydrogen (secondary N) is 5. The van der Waals surface area contributed by atoms with Gasteiger partial charge in [-0.1, -0.05) is 25.7 Å². The lowest BCUT2D eigenvalue weighted by molar-refractivity contribution is 0.0488. The van der Waals surface area contributed by atoms with Crippen LogP contribution < -0.4 is 43.8 Å². The van der Waals surface area contributed by atoms with Crippen LogP contribution in [-0.2, 0) is 4.74 Å². The smallest absolute Gasteiger partial charge is 0.407 e. The zero-order valence-corrected chi connectivity index (χ0v) is 31.0. The number of primary amides is 2. The van der Waals surface area contributed by atoms with E-state index in [2.05, 4.69) is 66.9 Å². The van der Waals surface area contributed by atoms with Crippen molar-refractivity contribution in [2.75, 3.05) is 21.3 Å². The Morgan fingerprint density at radius 2 is 1.16 bits per heavy atom. The van der Waals surface area contributed by atoms with E-state index in [4.69, 9.17) is 21.9 Å². The minimum absolute atomic E-state index is 0.0302. The van der Waals surface area contributed by atoms with Gasteiger partial charge in [-0.05, 0) is 70.7 Å². The molecule has 6 rings (SSSR count). The maximum Gasteiger partial charge on any atom is 0.407 e. The molecule has 0 aromatic carbocycles. The molecule has 4 atom stereocenters. The van der Waals surface area contributed by atoms with E-state index >= 15 is 0 Å². The third-order valence-corrected chi connectivity index (χ3v) is 8.61. The van der Waals surface area contributed by atoms with Gasteiger partial charge in [-0.3, -0.25) is 19.6 Å². The number of hydrogen-bond acceptors (Lipinski definition) is 17. The van der Waals surface area contributed by atoms with Crippen molar-refractivity contribution in [3.8, 4) is 0 Å². The van der Waals surface area contributed by atoms with Crippen LogP contribution in [0, 0.1) is 0 Å². The largest absolute Gasteiger partial charge is 0.444 e. The van der Waals surface area contributed by atoms with Gasteiger partial charge in [-0.15, -0.1) is 20.4 Å². The number of alkyl carbamates (subject to hydrolysis) is 1. The molecule has 2 fully saturated rings. The fourth-order valence-corrected chi connectivity index (χ4v) is 6.03. The van der Waals surface area contributed by atoms with Crippen molar-refractivity contribution in [1.29, 1.82) is 0 Å². The average molecular weight is 757 g/mol. The van der Waals surface area contributed by atoms with E-state index in [0.717, 1.165) is 51.4 Å². The number of ether oxygens (including phenoxy) is 1. The van der Waals surface area contributed by atoms with Gasteiger partial charge < -0.3 is 48.5 Å². The number of carbonyl (C=O) groups excluding carboxylic acids is 3. The molecule has 0 spiro atoms. The van der Waals surface area contributed by atoms with Crippen molar-refractivity contribution in [3.05, 3.63) is 60.4 Å². The molecular formula is C35H48N16O4. The first-order valence-corrected chi connectivity index (χ1v) is 18.1. The Bertz CT molecular complexity index is 1900. The highest BCUT2D eigenvalue weighted by Gasteiger charge is 2.30. The lowest BCUT2D eigenvalue weighted by atomic mass is 9.90. The van der Waals surface area contributed by atoms with Gasteiger partial charge in [-0.2, -0.15) is 9.97 Å². The van der Waals surface area contributed by atoms with Gasteiger partial charge in [0.05, 0.1) is 29.8 Å². The van der Waals surface area contributed by atoms with Crippen LogP contribution in [0.15, 0.2) is 49.1 Å². The molecular weight excluding hydrogens is 708 g/mol. The summed E-state index contributed by atoms with van der Waals surface area (Å²) >= 11 is 0. The first-order valence-electron chi connectivity index (χ1n) is 18.1. The van der Waals surface area contributed by atoms with E-state index in [0.29, 0.717) is 17.3 Å². The fraction of sp³-hybridized carbons (Fsp3) is 0.457. The number of aromatic nitrogens is 8. The predicted molar refractivity (Wildman–Crippen MR) is 205 cm³/mol. The summed E-state index contributed by atoms with van der Waals surface area (Å²) in [6.07, 6.45) is 13.8. The SMILES string of the molecule is CC(C)(C)OC(=O)N[C@H]1CCCC[C@H]1Nc1nnc(C(N)=O)c(Nc2cccnc2)n1.NC(=O)c1nnc(N[C@@H]2CCCC[C@@H]2N)nc1Nc1cccnc1. The van der Waals surface area contributed by atoms with Crippen LogP contribution in [0.1, 0.15) is 93.1 Å². The number of nitrogens with two attached hydrogens (primary N) is 3. The van der Waals surface area contributed by atoms with Crippen LogP contribution in [0.25, 0.3) is 0 Å². The number of hydrogen-bond donors (Lipinski definition) is 8. The number of anilines is 6. The highest BCUT2D eigenvalue weighted by molar-refractivity contribution is 5.96. The maximum absolute atomic E-state index is 12.2. The van der Waals surface area contributed by atoms with E-state index in [9.17, 15) is 14.4 Å². The summed E-state index contributed by atoms with van der Waals surface area (Å²) in [6.45, 7) is 5.46. The standard InChI is InChI=1S/C20H28N8O3.C15H20N8O/c1-20(2,3)31-19(30)25-14-9-5-4-8-13(14)24-18-26-17(15(16(21)29)27-28-18)23-12-7-6-10-22-11-12;16-10-5-1-2-6-11(10)20-15-21-14(12(13(17)24)22-23-15)19-9-4-3-7-18-8-9/h6-7,10-11,13-14H,4-5,8-9H2,1-3H3,(H2,21,29)(H,25,30)(H2,23,24,26,28);3-4,7-8,10-11H,1-2,5-6,16H2,(H2,17,24)(H2,19,20,21,23)/t13-,14+;10-,11+/m10/s1. The van der Waals surface area contributed by atoms with Crippen LogP contribution in [0.4, 0.5) is 39.7 Å². The molecule has 0 aliphatic heterocycles. The van der Waals surface area contributed by atoms with Gasteiger partial charge in [0.1, 0.15) is 5.60 Å². The van der Waals surface area contributed by atoms with Crippen molar-refractivity contribution in [2.45, 2.75) is 102 Å². The number of pyridine rings is 2. The van der Waals surface area contributed by atoms with Crippen LogP contribution in [-0.4, -0.2) is 88.0 Å². The van der Waals surface area contributed by atoms with E-state index in [-0.39, 0.29) is 53.1 Å². The molecule has 292 valence electrons. The summed E-state index contributed by atoms with van der Waals surface area (Å²) in [7, 11) is 0. The Morgan fingerprint density at radius 3 is 1.62 bits per heavy atom. The Hall–Kier alpha value is -6.31. The van der Waals surface area contributed by atoms with Crippen molar-refractivity contribution in [3.63, 3.8) is 0 Å². The molecule has 20 nitrogen and oxygen atoms in total. The molecule has 2 saturated carbocycles. The molecule has 4 heterocycles. The third kappa shape index (κ3) is 12.1. The molecule has 3 amide bonds. The number of carbonyl (C=O) groups is 3. The molecule has 11 N–H and O–H groups in total. The first-order chi connectivity index (χ1) is 26.3. The van der Waals surface area contributed by atoms with Gasteiger partial charge in [-0.25, -0.2) is 4.79 Å². The molecule has 0 saturated heterocycles. The molecule has 0 unspecified atom stereocenters. The van der Waals surface area contributed by atoms with E-state index in [1.165, 1.54) is 0 Å². The van der Waals surface area contributed by atoms with Crippen LogP contribution >= 0.6 is 0 Å². The molecule has 2 aliphatic carbocycles. The fourth-order valence-electron chi connectivity index (χ4n) is 6.03. The zero-order valence-electron chi connectivity index (χ0n) is 31.0. The van der Waals surface area contributed by atoms with Crippen molar-refractivity contribution >= 4 is 52.8 Å². The number of amides is 3. The number of nitrogens with zero attached hydrogens (tertiary/aromatic N) is 8. The predicted octanol–water partition coefficient (Wildman–Crippen LogP) is 3.15. The second-order valence-electron chi connectivity index (χ2n) is 14.1. The molecule has 55 heavy (non-hydrogen) atoms. The lowest BCUT2D eigenvalue weighted by Crippen LogP contribution is -2.50. The highest BCUT2D eigenvalue weighted by Crippen LogP contribution is 2.24. The maximum atomic E-state index is 12.2. The second-order valence-corrected chi connectivity index (χ2v) is 14.1. The van der Waals surface area contributed by atoms with Gasteiger partial charge >= 0.3 is 6.09 Å². The molecule has 4 aromatic heterocycles. The summed E-state index contributed by atoms with van der Waals surface area (Å²) in [5.74, 6) is -0.516. The van der Waals surface area contributed by atoms with E-state index in [1.807, 2.05) is 20.8 Å². The Kier molecular flexibility index (Phi) is 13.5. The summed E-state index contributed by atoms with van der Waals surface area (Å²) in [5, 5.41) is 31.1. The molecule has 0 radical (unpaired) electrons. The number of rotatable bonds is 11. The van der Waals surface area contributed by atoms with Gasteiger partial charge in [0.2, 0.25) is 11.9 Å². The molecule has 20 heteroatoms. The molecule has 4 aromatic rings. The summed E-state index contributed by atoms with van der Waals surface area (Å²) < 4.78 is 5.38. The van der Waals surface area contributed by atoms with Gasteiger partial charge in [0, 0.05) is 30.5 Å². The van der Waals surface area contributed by atoms with E-state index < -0.39 is 23.5 Å². The highest BCUT2D eigenvalue weighted by atomic mass is 16.6. The minimum Gasteiger partial charge on any atom is -0.444 e. The minimum atomic E-state index is -0.750. The average Bonchev–Trinajstić information content (AvgIpc) is 3.14. The monoisotopic (exact) mass is 756 g/mol. The van der Waals surface area contributed by atoms with Crippen LogP contribution in [0.3, 0.4) is 0 Å². The summed E-state index contributed by atoms with van der Waals surface area (Å²) in [6, 6.07) is 6.94. The third-order valence-electron chi connectivity index (χ3n) is 8.61. The van der Waals surface area contributed by atoms with Crippen molar-refractivity contribution in [1.82, 2.24) is 45.6 Å².